The molecule has 6 aliphatic rings. The molecule has 0 spiro atoms. The van der Waals surface area contributed by atoms with E-state index < -0.39 is 59.9 Å². The quantitative estimate of drug-likeness (QED) is 0.122. The second-order valence-electron chi connectivity index (χ2n) is 21.6. The third kappa shape index (κ3) is 12.2. The number of amides is 8. The van der Waals surface area contributed by atoms with Gasteiger partial charge in [0.15, 0.2) is 0 Å². The molecule has 8 amide bonds. The van der Waals surface area contributed by atoms with Gasteiger partial charge in [-0.15, -0.1) is 0 Å². The second kappa shape index (κ2) is 23.2. The zero-order chi connectivity index (χ0) is 53.9. The molecule has 4 saturated heterocycles. The molecule has 20 heteroatoms. The lowest BCUT2D eigenvalue weighted by Crippen LogP contribution is -2.62. The van der Waals surface area contributed by atoms with Crippen molar-refractivity contribution in [3.63, 3.8) is 0 Å². The highest BCUT2D eigenvalue weighted by atomic mass is 19.1. The molecule has 0 aromatic heterocycles. The number of fused-ring (bicyclic) bond motifs is 2. The summed E-state index contributed by atoms with van der Waals surface area (Å²) in [6, 6.07) is 13.6. The zero-order valence-electron chi connectivity index (χ0n) is 43.6. The average molecular weight is 1050 g/mol. The van der Waals surface area contributed by atoms with Gasteiger partial charge in [0.1, 0.15) is 35.8 Å². The minimum atomic E-state index is -1.11. The molecule has 9 rings (SSSR count). The van der Waals surface area contributed by atoms with Gasteiger partial charge in [-0.1, -0.05) is 48.5 Å². The summed E-state index contributed by atoms with van der Waals surface area (Å²) in [5, 5.41) is 17.7. The van der Waals surface area contributed by atoms with E-state index in [0.29, 0.717) is 62.5 Å². The second-order valence-corrected chi connectivity index (χ2v) is 21.6. The van der Waals surface area contributed by atoms with Crippen molar-refractivity contribution in [1.82, 2.24) is 51.5 Å². The standard InChI is InChI=1S/C56H70F2N10O8/c1-31(59-3)51(71)63-45-29-65(23-21-39-17-19-47(67(39)55(45)75)53(73)61-43-27-41(43)35-9-13-37(57)14-10-35)49(69)25-33-5-7-34(8-6-33)26-50(70)66-24-22-40-18-20-48(68(40)56(76)46(30-66)64-52(72)32(2)60-4)54(74)62-44-28-42(44)36-11-15-38(58)16-12-36/h5-16,31-32,39-48,59-60H,17-30H2,1-4H3,(H,61,73)(H,62,74)(H,63,71)(H,64,72)/t31-,32-,39+,40+,41+,42+,43-,44-,45-,46-,47-,48-/m0/s1. The smallest absolute Gasteiger partial charge is 0.247 e. The predicted molar refractivity (Wildman–Crippen MR) is 276 cm³/mol. The van der Waals surface area contributed by atoms with Gasteiger partial charge in [0, 0.05) is 62.2 Å². The molecule has 0 bridgehead atoms. The maximum Gasteiger partial charge on any atom is 0.247 e. The van der Waals surface area contributed by atoms with Gasteiger partial charge in [0.2, 0.25) is 47.3 Å². The van der Waals surface area contributed by atoms with Crippen molar-refractivity contribution in [2.75, 3.05) is 40.3 Å². The van der Waals surface area contributed by atoms with Gasteiger partial charge in [-0.25, -0.2) is 8.78 Å². The fourth-order valence-electron chi connectivity index (χ4n) is 11.6. The number of nitrogens with zero attached hydrogens (tertiary/aromatic N) is 4. The molecular formula is C56H70F2N10O8. The Balaban J connectivity index is 0.820. The minimum absolute atomic E-state index is 0.0148. The first-order valence-electron chi connectivity index (χ1n) is 26.8. The SMILES string of the molecule is CN[C@@H](C)C(=O)N[C@H]1CN(C(=O)Cc2ccc(CC(=O)N3CC[C@H]4CC[C@@H](C(=O)N[C@H]5C[C@@H]5c5ccc(F)cc5)N4C(=O)[C@@H](NC(=O)[C@H](C)NC)C3)cc2)CC[C@H]2CC[C@@H](C(=O)N[C@H]3C[C@@H]3c3ccc(F)cc3)N2C1=O. The first-order chi connectivity index (χ1) is 36.5. The summed E-state index contributed by atoms with van der Waals surface area (Å²) in [6.07, 6.45) is 4.21. The van der Waals surface area contributed by atoms with E-state index in [1.54, 1.807) is 96.1 Å². The molecule has 2 saturated carbocycles. The maximum absolute atomic E-state index is 14.5. The largest absolute Gasteiger partial charge is 0.351 e. The number of nitrogens with one attached hydrogen (secondary N) is 6. The number of halogens is 2. The van der Waals surface area contributed by atoms with Gasteiger partial charge in [0.25, 0.3) is 0 Å². The van der Waals surface area contributed by atoms with E-state index in [4.69, 9.17) is 0 Å². The van der Waals surface area contributed by atoms with Crippen LogP contribution in [0, 0.1) is 11.6 Å². The Morgan fingerprint density at radius 3 is 1.25 bits per heavy atom. The van der Waals surface area contributed by atoms with Crippen molar-refractivity contribution in [2.45, 2.75) is 150 Å². The normalized spacial score (nSPS) is 27.9. The van der Waals surface area contributed by atoms with E-state index in [1.807, 2.05) is 0 Å². The third-order valence-electron chi connectivity index (χ3n) is 16.5. The Morgan fingerprint density at radius 1 is 0.526 bits per heavy atom. The molecule has 18 nitrogen and oxygen atoms in total. The average Bonchev–Trinajstić information content (AvgIpc) is 4.26. The number of hydrogen-bond donors (Lipinski definition) is 6. The fraction of sp³-hybridized carbons (Fsp3) is 0.536. The van der Waals surface area contributed by atoms with Crippen molar-refractivity contribution in [2.24, 2.45) is 0 Å². The highest BCUT2D eigenvalue weighted by molar-refractivity contribution is 5.96. The summed E-state index contributed by atoms with van der Waals surface area (Å²) < 4.78 is 27.1. The lowest BCUT2D eigenvalue weighted by molar-refractivity contribution is -0.147. The van der Waals surface area contributed by atoms with Crippen LogP contribution < -0.4 is 31.9 Å². The number of carbonyl (C=O) groups is 8. The van der Waals surface area contributed by atoms with E-state index in [2.05, 4.69) is 31.9 Å². The lowest BCUT2D eigenvalue weighted by Gasteiger charge is -2.39. The van der Waals surface area contributed by atoms with Gasteiger partial charge in [0.05, 0.1) is 24.9 Å². The molecule has 4 heterocycles. The summed E-state index contributed by atoms with van der Waals surface area (Å²) in [7, 11) is 3.26. The van der Waals surface area contributed by atoms with Crippen LogP contribution in [-0.2, 0) is 51.2 Å². The summed E-state index contributed by atoms with van der Waals surface area (Å²) >= 11 is 0. The molecule has 12 atom stereocenters. The van der Waals surface area contributed by atoms with Gasteiger partial charge in [-0.05, 0) is 126 Å². The van der Waals surface area contributed by atoms with Crippen LogP contribution in [0.25, 0.3) is 0 Å². The van der Waals surface area contributed by atoms with Crippen molar-refractivity contribution < 1.29 is 47.1 Å². The Labute approximate surface area is 441 Å². The van der Waals surface area contributed by atoms with Crippen molar-refractivity contribution in [3.05, 3.63) is 107 Å². The molecule has 0 radical (unpaired) electrons. The first-order valence-corrected chi connectivity index (χ1v) is 26.8. The highest BCUT2D eigenvalue weighted by Crippen LogP contribution is 2.43. The molecule has 0 unspecified atom stereocenters. The van der Waals surface area contributed by atoms with Crippen LogP contribution >= 0.6 is 0 Å². The lowest BCUT2D eigenvalue weighted by atomic mass is 10.0. The minimum Gasteiger partial charge on any atom is -0.351 e. The first kappa shape index (κ1) is 54.0. The highest BCUT2D eigenvalue weighted by Gasteiger charge is 2.50. The van der Waals surface area contributed by atoms with E-state index in [9.17, 15) is 47.1 Å². The Hall–Kier alpha value is -6.80. The van der Waals surface area contributed by atoms with E-state index in [1.165, 1.54) is 24.3 Å². The third-order valence-corrected chi connectivity index (χ3v) is 16.5. The molecule has 2 aliphatic carbocycles. The molecule has 6 fully saturated rings. The topological polar surface area (TPSA) is 222 Å². The van der Waals surface area contributed by atoms with Crippen LogP contribution in [-0.4, -0.2) is 168 Å². The summed E-state index contributed by atoms with van der Waals surface area (Å²) in [5.74, 6) is -3.33. The molecule has 3 aromatic carbocycles. The van der Waals surface area contributed by atoms with E-state index >= 15 is 0 Å². The zero-order valence-corrected chi connectivity index (χ0v) is 43.6. The molecule has 3 aromatic rings. The molecule has 4 aliphatic heterocycles. The van der Waals surface area contributed by atoms with Crippen LogP contribution in [0.4, 0.5) is 8.78 Å². The van der Waals surface area contributed by atoms with E-state index in [0.717, 1.165) is 11.1 Å². The number of likely N-dealkylation sites (N-methyl/N-ethyl adjacent to an activating group) is 2. The van der Waals surface area contributed by atoms with Crippen molar-refractivity contribution in [3.8, 4) is 0 Å². The van der Waals surface area contributed by atoms with Crippen LogP contribution in [0.1, 0.15) is 99.3 Å². The van der Waals surface area contributed by atoms with E-state index in [-0.39, 0.29) is 110 Å². The van der Waals surface area contributed by atoms with Gasteiger partial charge in [-0.2, -0.15) is 0 Å². The number of carbonyl (C=O) groups excluding carboxylic acids is 8. The van der Waals surface area contributed by atoms with Gasteiger partial charge < -0.3 is 51.5 Å². The van der Waals surface area contributed by atoms with Gasteiger partial charge >= 0.3 is 0 Å². The maximum atomic E-state index is 14.5. The summed E-state index contributed by atoms with van der Waals surface area (Å²) in [5.41, 5.74) is 3.20. The summed E-state index contributed by atoms with van der Waals surface area (Å²) in [4.78, 5) is 118. The van der Waals surface area contributed by atoms with Crippen molar-refractivity contribution in [1.29, 1.82) is 0 Å². The Kier molecular flexibility index (Phi) is 16.5. The molecular weight excluding hydrogens is 979 g/mol. The van der Waals surface area contributed by atoms with Crippen molar-refractivity contribution >= 4 is 47.3 Å². The number of benzene rings is 3. The molecule has 76 heavy (non-hydrogen) atoms. The van der Waals surface area contributed by atoms with Crippen LogP contribution in [0.15, 0.2) is 72.8 Å². The number of hydrogen-bond acceptors (Lipinski definition) is 10. The molecule has 406 valence electrons. The van der Waals surface area contributed by atoms with Crippen LogP contribution in [0.2, 0.25) is 0 Å². The number of rotatable bonds is 16. The van der Waals surface area contributed by atoms with Crippen LogP contribution in [0.5, 0.6) is 0 Å². The van der Waals surface area contributed by atoms with Gasteiger partial charge in [-0.3, -0.25) is 38.4 Å². The monoisotopic (exact) mass is 1050 g/mol. The fourth-order valence-corrected chi connectivity index (χ4v) is 11.6. The Morgan fingerprint density at radius 2 is 0.895 bits per heavy atom. The summed E-state index contributed by atoms with van der Waals surface area (Å²) in [6.45, 7) is 3.70. The van der Waals surface area contributed by atoms with Crippen LogP contribution in [0.3, 0.4) is 0 Å². The Bertz CT molecular complexity index is 2500. The predicted octanol–water partition coefficient (Wildman–Crippen LogP) is 1.76. The molecule has 6 N–H and O–H groups in total.